The van der Waals surface area contributed by atoms with Crippen LogP contribution in [0.1, 0.15) is 11.3 Å². The van der Waals surface area contributed by atoms with E-state index >= 15 is 0 Å². The zero-order valence-electron chi connectivity index (χ0n) is 8.11. The van der Waals surface area contributed by atoms with Crippen LogP contribution >= 0.6 is 15.9 Å². The molecule has 1 aromatic carbocycles. The largest absolute Gasteiger partial charge is 0.238 e. The standard InChI is InChI=1S/C11H8BrN3/c1-8-9(6-13)7-15(14-8)11-5-3-2-4-10(11)12/h2-5,7H,1H3. The first-order chi connectivity index (χ1) is 7.22. The van der Waals surface area contributed by atoms with Crippen LogP contribution in [0.15, 0.2) is 34.9 Å². The normalized spacial score (nSPS) is 9.93. The Labute approximate surface area is 96.1 Å². The summed E-state index contributed by atoms with van der Waals surface area (Å²) in [4.78, 5) is 0. The Morgan fingerprint density at radius 2 is 2.13 bits per heavy atom. The van der Waals surface area contributed by atoms with E-state index in [1.54, 1.807) is 10.9 Å². The Kier molecular flexibility index (Phi) is 2.57. The maximum atomic E-state index is 8.83. The minimum absolute atomic E-state index is 0.603. The van der Waals surface area contributed by atoms with Crippen LogP contribution in [0.5, 0.6) is 0 Å². The number of aryl methyl sites for hydroxylation is 1. The van der Waals surface area contributed by atoms with Crippen LogP contribution < -0.4 is 0 Å². The van der Waals surface area contributed by atoms with Crippen molar-refractivity contribution >= 4 is 15.9 Å². The average Bonchev–Trinajstić information content (AvgIpc) is 2.60. The number of benzene rings is 1. The fourth-order valence-electron chi connectivity index (χ4n) is 1.33. The van der Waals surface area contributed by atoms with Crippen molar-refractivity contribution in [3.63, 3.8) is 0 Å². The van der Waals surface area contributed by atoms with Crippen molar-refractivity contribution in [3.8, 4) is 11.8 Å². The van der Waals surface area contributed by atoms with Gasteiger partial charge in [0.05, 0.1) is 16.9 Å². The Morgan fingerprint density at radius 3 is 2.73 bits per heavy atom. The van der Waals surface area contributed by atoms with E-state index in [-0.39, 0.29) is 0 Å². The zero-order chi connectivity index (χ0) is 10.8. The molecule has 2 rings (SSSR count). The topological polar surface area (TPSA) is 41.6 Å². The van der Waals surface area contributed by atoms with Crippen LogP contribution in [-0.2, 0) is 0 Å². The van der Waals surface area contributed by atoms with Gasteiger partial charge in [0.2, 0.25) is 0 Å². The molecule has 0 unspecified atom stereocenters. The quantitative estimate of drug-likeness (QED) is 0.792. The Balaban J connectivity index is 2.56. The van der Waals surface area contributed by atoms with E-state index < -0.39 is 0 Å². The van der Waals surface area contributed by atoms with Gasteiger partial charge < -0.3 is 0 Å². The Hall–Kier alpha value is -1.60. The first kappa shape index (κ1) is 9.94. The third kappa shape index (κ3) is 1.79. The van der Waals surface area contributed by atoms with Gasteiger partial charge in [-0.3, -0.25) is 0 Å². The maximum absolute atomic E-state index is 8.83. The van der Waals surface area contributed by atoms with Gasteiger partial charge >= 0.3 is 0 Å². The van der Waals surface area contributed by atoms with E-state index in [0.29, 0.717) is 5.56 Å². The van der Waals surface area contributed by atoms with Gasteiger partial charge in [-0.25, -0.2) is 4.68 Å². The van der Waals surface area contributed by atoms with E-state index in [1.165, 1.54) is 0 Å². The summed E-state index contributed by atoms with van der Waals surface area (Å²) < 4.78 is 2.66. The molecule has 1 aromatic heterocycles. The molecule has 0 aliphatic carbocycles. The van der Waals surface area contributed by atoms with Gasteiger partial charge in [0, 0.05) is 10.7 Å². The number of hydrogen-bond acceptors (Lipinski definition) is 2. The van der Waals surface area contributed by atoms with Crippen LogP contribution in [0.25, 0.3) is 5.69 Å². The number of para-hydroxylation sites is 1. The second kappa shape index (κ2) is 3.87. The third-order valence-electron chi connectivity index (χ3n) is 2.12. The summed E-state index contributed by atoms with van der Waals surface area (Å²) >= 11 is 3.44. The number of aromatic nitrogens is 2. The van der Waals surface area contributed by atoms with Gasteiger partial charge in [-0.05, 0) is 35.0 Å². The maximum Gasteiger partial charge on any atom is 0.103 e. The van der Waals surface area contributed by atoms with Gasteiger partial charge in [0.1, 0.15) is 6.07 Å². The summed E-state index contributed by atoms with van der Waals surface area (Å²) in [6.07, 6.45) is 1.73. The Morgan fingerprint density at radius 1 is 1.40 bits per heavy atom. The SMILES string of the molecule is Cc1nn(-c2ccccc2Br)cc1C#N. The molecule has 0 radical (unpaired) electrons. The van der Waals surface area contributed by atoms with Crippen molar-refractivity contribution in [2.24, 2.45) is 0 Å². The molecule has 0 amide bonds. The smallest absolute Gasteiger partial charge is 0.103 e. The monoisotopic (exact) mass is 261 g/mol. The first-order valence-electron chi connectivity index (χ1n) is 4.43. The molecule has 0 atom stereocenters. The highest BCUT2D eigenvalue weighted by atomic mass is 79.9. The summed E-state index contributed by atoms with van der Waals surface area (Å²) in [6.45, 7) is 1.83. The minimum atomic E-state index is 0.603. The van der Waals surface area contributed by atoms with Gasteiger partial charge in [0.15, 0.2) is 0 Å². The third-order valence-corrected chi connectivity index (χ3v) is 2.79. The highest BCUT2D eigenvalue weighted by Gasteiger charge is 2.07. The second-order valence-corrected chi connectivity index (χ2v) is 3.99. The summed E-state index contributed by atoms with van der Waals surface area (Å²) in [7, 11) is 0. The predicted molar refractivity (Wildman–Crippen MR) is 60.7 cm³/mol. The fourth-order valence-corrected chi connectivity index (χ4v) is 1.80. The zero-order valence-corrected chi connectivity index (χ0v) is 9.69. The van der Waals surface area contributed by atoms with Gasteiger partial charge in [0.25, 0.3) is 0 Å². The molecule has 74 valence electrons. The average molecular weight is 262 g/mol. The van der Waals surface area contributed by atoms with E-state index in [9.17, 15) is 0 Å². The number of halogens is 1. The molecule has 4 heteroatoms. The van der Waals surface area contributed by atoms with E-state index in [2.05, 4.69) is 27.1 Å². The molecule has 0 bridgehead atoms. The summed E-state index contributed by atoms with van der Waals surface area (Å²) in [5.41, 5.74) is 2.28. The van der Waals surface area contributed by atoms with Gasteiger partial charge in [-0.15, -0.1) is 0 Å². The summed E-state index contributed by atoms with van der Waals surface area (Å²) in [5, 5.41) is 13.1. The lowest BCUT2D eigenvalue weighted by Gasteiger charge is -2.02. The van der Waals surface area contributed by atoms with E-state index in [1.807, 2.05) is 31.2 Å². The summed E-state index contributed by atoms with van der Waals surface area (Å²) in [6, 6.07) is 9.86. The second-order valence-electron chi connectivity index (χ2n) is 3.14. The molecule has 0 aliphatic rings. The fraction of sp³-hybridized carbons (Fsp3) is 0.0909. The Bertz CT molecular complexity index is 537. The van der Waals surface area contributed by atoms with Crippen molar-refractivity contribution < 1.29 is 0 Å². The number of hydrogen-bond donors (Lipinski definition) is 0. The van der Waals surface area contributed by atoms with Crippen LogP contribution in [0.2, 0.25) is 0 Å². The molecule has 0 spiro atoms. The lowest BCUT2D eigenvalue weighted by atomic mass is 10.3. The minimum Gasteiger partial charge on any atom is -0.238 e. The first-order valence-corrected chi connectivity index (χ1v) is 5.23. The van der Waals surface area contributed by atoms with E-state index in [0.717, 1.165) is 15.9 Å². The molecule has 15 heavy (non-hydrogen) atoms. The van der Waals surface area contributed by atoms with Gasteiger partial charge in [-0.1, -0.05) is 12.1 Å². The molecule has 0 saturated heterocycles. The molecule has 1 heterocycles. The molecule has 3 nitrogen and oxygen atoms in total. The number of nitrogens with zero attached hydrogens (tertiary/aromatic N) is 3. The highest BCUT2D eigenvalue weighted by molar-refractivity contribution is 9.10. The highest BCUT2D eigenvalue weighted by Crippen LogP contribution is 2.20. The lowest BCUT2D eigenvalue weighted by Crippen LogP contribution is -1.95. The number of rotatable bonds is 1. The van der Waals surface area contributed by atoms with Crippen molar-refractivity contribution in [2.45, 2.75) is 6.92 Å². The van der Waals surface area contributed by atoms with Crippen LogP contribution in [0.3, 0.4) is 0 Å². The van der Waals surface area contributed by atoms with Gasteiger partial charge in [-0.2, -0.15) is 10.4 Å². The molecule has 0 fully saturated rings. The molecule has 0 N–H and O–H groups in total. The van der Waals surface area contributed by atoms with Crippen LogP contribution in [0, 0.1) is 18.3 Å². The lowest BCUT2D eigenvalue weighted by molar-refractivity contribution is 0.859. The van der Waals surface area contributed by atoms with E-state index in [4.69, 9.17) is 5.26 Å². The predicted octanol–water partition coefficient (Wildman–Crippen LogP) is 2.81. The van der Waals surface area contributed by atoms with Crippen molar-refractivity contribution in [1.29, 1.82) is 5.26 Å². The molecule has 0 aliphatic heterocycles. The van der Waals surface area contributed by atoms with Crippen molar-refractivity contribution in [3.05, 3.63) is 46.2 Å². The molecule has 2 aromatic rings. The van der Waals surface area contributed by atoms with Crippen LogP contribution in [0.4, 0.5) is 0 Å². The van der Waals surface area contributed by atoms with Crippen LogP contribution in [-0.4, -0.2) is 9.78 Å². The molecule has 0 saturated carbocycles. The summed E-state index contributed by atoms with van der Waals surface area (Å²) in [5.74, 6) is 0. The van der Waals surface area contributed by atoms with Crippen molar-refractivity contribution in [1.82, 2.24) is 9.78 Å². The molecular weight excluding hydrogens is 254 g/mol. The molecular formula is C11H8BrN3. The number of nitriles is 1. The van der Waals surface area contributed by atoms with Crippen molar-refractivity contribution in [2.75, 3.05) is 0 Å².